The van der Waals surface area contributed by atoms with Crippen LogP contribution in [0.1, 0.15) is 38.5 Å². The van der Waals surface area contributed by atoms with E-state index in [-0.39, 0.29) is 24.0 Å². The van der Waals surface area contributed by atoms with Crippen molar-refractivity contribution in [1.82, 2.24) is 20.0 Å². The van der Waals surface area contributed by atoms with Gasteiger partial charge in [0.2, 0.25) is 0 Å². The van der Waals surface area contributed by atoms with E-state index >= 15 is 0 Å². The highest BCUT2D eigenvalue weighted by Crippen LogP contribution is 2.30. The quantitative estimate of drug-likeness (QED) is 0.734. The summed E-state index contributed by atoms with van der Waals surface area (Å²) in [5.41, 5.74) is 0. The van der Waals surface area contributed by atoms with Crippen LogP contribution < -0.4 is 5.32 Å². The lowest BCUT2D eigenvalue weighted by Gasteiger charge is -2.29. The van der Waals surface area contributed by atoms with Crippen molar-refractivity contribution in [1.29, 1.82) is 0 Å². The highest BCUT2D eigenvalue weighted by Gasteiger charge is 2.49. The Morgan fingerprint density at radius 1 is 1.09 bits per heavy atom. The summed E-state index contributed by atoms with van der Waals surface area (Å²) in [7, 11) is 1.58. The molecule has 0 aromatic heterocycles. The fraction of sp³-hybridized carbons (Fsp3) is 0.800. The second-order valence-electron chi connectivity index (χ2n) is 6.35. The van der Waals surface area contributed by atoms with E-state index in [1.165, 1.54) is 11.3 Å². The standard InChI is InChI=1S/C15H24N4O3/c1-16-14(21)17-8-5-9-18-12(10-17)13(20)19(15(18)22)11-6-3-2-4-7-11/h11-12H,2-10H2,1H3,(H,16,21). The molecule has 5 amide bonds. The molecule has 2 saturated heterocycles. The van der Waals surface area contributed by atoms with Gasteiger partial charge in [-0.1, -0.05) is 19.3 Å². The SMILES string of the molecule is CNC(=O)N1CCCN2C(=O)N(C3CCCCC3)C(=O)C2C1. The van der Waals surface area contributed by atoms with Crippen LogP contribution in [-0.2, 0) is 4.79 Å². The Hall–Kier alpha value is -1.79. The minimum Gasteiger partial charge on any atom is -0.341 e. The zero-order valence-corrected chi connectivity index (χ0v) is 13.1. The summed E-state index contributed by atoms with van der Waals surface area (Å²) in [6.07, 6.45) is 5.88. The Balaban J connectivity index is 1.78. The first-order valence-electron chi connectivity index (χ1n) is 8.24. The lowest BCUT2D eigenvalue weighted by molar-refractivity contribution is -0.130. The molecule has 7 nitrogen and oxygen atoms in total. The number of fused-ring (bicyclic) bond motifs is 1. The minimum atomic E-state index is -0.505. The second kappa shape index (κ2) is 6.14. The van der Waals surface area contributed by atoms with Crippen LogP contribution >= 0.6 is 0 Å². The van der Waals surface area contributed by atoms with Gasteiger partial charge in [-0.15, -0.1) is 0 Å². The highest BCUT2D eigenvalue weighted by molar-refractivity contribution is 6.05. The summed E-state index contributed by atoms with van der Waals surface area (Å²) in [5, 5.41) is 2.60. The molecule has 0 bridgehead atoms. The third kappa shape index (κ3) is 2.53. The van der Waals surface area contributed by atoms with Crippen LogP contribution in [0.15, 0.2) is 0 Å². The molecular weight excluding hydrogens is 284 g/mol. The fourth-order valence-corrected chi connectivity index (χ4v) is 3.84. The van der Waals surface area contributed by atoms with E-state index in [1.54, 1.807) is 16.8 Å². The van der Waals surface area contributed by atoms with Gasteiger partial charge in [0.15, 0.2) is 0 Å². The molecule has 0 radical (unpaired) electrons. The van der Waals surface area contributed by atoms with Crippen LogP contribution in [0.3, 0.4) is 0 Å². The topological polar surface area (TPSA) is 73.0 Å². The second-order valence-corrected chi connectivity index (χ2v) is 6.35. The van der Waals surface area contributed by atoms with Gasteiger partial charge in [-0.05, 0) is 19.3 Å². The van der Waals surface area contributed by atoms with E-state index in [1.807, 2.05) is 0 Å². The van der Waals surface area contributed by atoms with Gasteiger partial charge in [0, 0.05) is 26.2 Å². The van der Waals surface area contributed by atoms with Crippen molar-refractivity contribution in [2.45, 2.75) is 50.6 Å². The molecule has 0 aromatic carbocycles. The number of hydrogen-bond acceptors (Lipinski definition) is 3. The molecule has 1 unspecified atom stereocenters. The Kier molecular flexibility index (Phi) is 4.22. The summed E-state index contributed by atoms with van der Waals surface area (Å²) < 4.78 is 0. The molecule has 22 heavy (non-hydrogen) atoms. The summed E-state index contributed by atoms with van der Waals surface area (Å²) in [4.78, 5) is 42.1. The van der Waals surface area contributed by atoms with E-state index in [4.69, 9.17) is 0 Å². The highest BCUT2D eigenvalue weighted by atomic mass is 16.2. The van der Waals surface area contributed by atoms with Crippen molar-refractivity contribution in [3.8, 4) is 0 Å². The van der Waals surface area contributed by atoms with Gasteiger partial charge in [-0.3, -0.25) is 9.69 Å². The Bertz CT molecular complexity index is 475. The van der Waals surface area contributed by atoms with E-state index in [0.717, 1.165) is 25.7 Å². The number of rotatable bonds is 1. The van der Waals surface area contributed by atoms with Crippen LogP contribution in [0.2, 0.25) is 0 Å². The molecule has 3 fully saturated rings. The summed E-state index contributed by atoms with van der Waals surface area (Å²) in [6.45, 7) is 1.43. The molecule has 7 heteroatoms. The van der Waals surface area contributed by atoms with Gasteiger partial charge >= 0.3 is 12.1 Å². The number of nitrogens with one attached hydrogen (secondary N) is 1. The maximum Gasteiger partial charge on any atom is 0.327 e. The molecule has 2 heterocycles. The molecule has 2 aliphatic heterocycles. The van der Waals surface area contributed by atoms with E-state index in [2.05, 4.69) is 5.32 Å². The third-order valence-corrected chi connectivity index (χ3v) is 5.01. The predicted molar refractivity (Wildman–Crippen MR) is 80.3 cm³/mol. The minimum absolute atomic E-state index is 0.0501. The average Bonchev–Trinajstić information content (AvgIpc) is 2.72. The summed E-state index contributed by atoms with van der Waals surface area (Å²) in [5.74, 6) is -0.118. The van der Waals surface area contributed by atoms with Crippen molar-refractivity contribution in [3.63, 3.8) is 0 Å². The number of nitrogens with zero attached hydrogens (tertiary/aromatic N) is 3. The average molecular weight is 308 g/mol. The maximum atomic E-state index is 12.8. The first kappa shape index (κ1) is 15.1. The first-order chi connectivity index (χ1) is 10.6. The van der Waals surface area contributed by atoms with Gasteiger partial charge in [0.25, 0.3) is 5.91 Å². The molecule has 3 rings (SSSR count). The molecule has 1 saturated carbocycles. The molecule has 1 atom stereocenters. The molecule has 1 aliphatic carbocycles. The van der Waals surface area contributed by atoms with E-state index < -0.39 is 6.04 Å². The zero-order valence-electron chi connectivity index (χ0n) is 13.1. The predicted octanol–water partition coefficient (Wildman–Crippen LogP) is 0.997. The van der Waals surface area contributed by atoms with Crippen LogP contribution in [0.4, 0.5) is 9.59 Å². The van der Waals surface area contributed by atoms with Gasteiger partial charge in [0.1, 0.15) is 6.04 Å². The Morgan fingerprint density at radius 3 is 2.50 bits per heavy atom. The van der Waals surface area contributed by atoms with Crippen molar-refractivity contribution < 1.29 is 14.4 Å². The Labute approximate surface area is 130 Å². The summed E-state index contributed by atoms with van der Waals surface area (Å²) in [6, 6.07) is -0.790. The number of urea groups is 2. The van der Waals surface area contributed by atoms with Crippen molar-refractivity contribution in [2.24, 2.45) is 0 Å². The largest absolute Gasteiger partial charge is 0.341 e. The van der Waals surface area contributed by atoms with Crippen molar-refractivity contribution in [2.75, 3.05) is 26.7 Å². The smallest absolute Gasteiger partial charge is 0.327 e. The lowest BCUT2D eigenvalue weighted by Crippen LogP contribution is -2.47. The Morgan fingerprint density at radius 2 is 1.82 bits per heavy atom. The normalized spacial score (nSPS) is 27.0. The molecule has 0 aromatic rings. The number of hydrogen-bond donors (Lipinski definition) is 1. The molecule has 1 N–H and O–H groups in total. The monoisotopic (exact) mass is 308 g/mol. The van der Waals surface area contributed by atoms with E-state index in [0.29, 0.717) is 26.1 Å². The zero-order chi connectivity index (χ0) is 15.7. The number of carbonyl (C=O) groups is 3. The molecule has 122 valence electrons. The van der Waals surface area contributed by atoms with Crippen LogP contribution in [0.5, 0.6) is 0 Å². The van der Waals surface area contributed by atoms with Crippen LogP contribution in [-0.4, -0.2) is 71.4 Å². The number of carbonyl (C=O) groups excluding carboxylic acids is 3. The van der Waals surface area contributed by atoms with Crippen LogP contribution in [0, 0.1) is 0 Å². The van der Waals surface area contributed by atoms with Crippen molar-refractivity contribution >= 4 is 18.0 Å². The maximum absolute atomic E-state index is 12.8. The van der Waals surface area contributed by atoms with Crippen LogP contribution in [0.25, 0.3) is 0 Å². The van der Waals surface area contributed by atoms with Gasteiger partial charge in [-0.25, -0.2) is 9.59 Å². The van der Waals surface area contributed by atoms with Gasteiger partial charge in [-0.2, -0.15) is 0 Å². The summed E-state index contributed by atoms with van der Waals surface area (Å²) >= 11 is 0. The third-order valence-electron chi connectivity index (χ3n) is 5.01. The number of amides is 5. The molecule has 0 spiro atoms. The molecular formula is C15H24N4O3. The molecule has 3 aliphatic rings. The first-order valence-corrected chi connectivity index (χ1v) is 8.24. The van der Waals surface area contributed by atoms with Gasteiger partial charge in [0.05, 0.1) is 6.54 Å². The fourth-order valence-electron chi connectivity index (χ4n) is 3.84. The van der Waals surface area contributed by atoms with E-state index in [9.17, 15) is 14.4 Å². The van der Waals surface area contributed by atoms with Crippen molar-refractivity contribution in [3.05, 3.63) is 0 Å². The number of imide groups is 1. The van der Waals surface area contributed by atoms with Gasteiger partial charge < -0.3 is 15.1 Å². The lowest BCUT2D eigenvalue weighted by atomic mass is 9.94.